The maximum Gasteiger partial charge on any atom is 0.328 e. The predicted molar refractivity (Wildman–Crippen MR) is 167 cm³/mol. The molecule has 4 aromatic rings. The lowest BCUT2D eigenvalue weighted by atomic mass is 9.88. The molecule has 0 bridgehead atoms. The Morgan fingerprint density at radius 1 is 1.02 bits per heavy atom. The second-order valence-corrected chi connectivity index (χ2v) is 11.6. The fraction of sp³-hybridized carbons (Fsp3) is 0.281. The van der Waals surface area contributed by atoms with Crippen LogP contribution in [-0.2, 0) is 11.3 Å². The van der Waals surface area contributed by atoms with Crippen molar-refractivity contribution in [3.63, 3.8) is 0 Å². The average Bonchev–Trinajstić information content (AvgIpc) is 3.32. The Labute approximate surface area is 255 Å². The molecule has 0 spiro atoms. The number of aromatic nitrogens is 2. The molecule has 218 valence electrons. The van der Waals surface area contributed by atoms with Crippen molar-refractivity contribution in [2.24, 2.45) is 0 Å². The van der Waals surface area contributed by atoms with E-state index in [1.54, 1.807) is 12.0 Å². The number of carbonyl (C=O) groups is 2. The van der Waals surface area contributed by atoms with E-state index in [0.717, 1.165) is 33.5 Å². The quantitative estimate of drug-likeness (QED) is 0.226. The van der Waals surface area contributed by atoms with Crippen LogP contribution in [0.15, 0.2) is 54.6 Å². The number of anilines is 2. The van der Waals surface area contributed by atoms with Crippen LogP contribution in [0.3, 0.4) is 0 Å². The second kappa shape index (κ2) is 11.7. The van der Waals surface area contributed by atoms with Gasteiger partial charge in [0.05, 0.1) is 24.5 Å². The zero-order valence-corrected chi connectivity index (χ0v) is 25.9. The zero-order chi connectivity index (χ0) is 30.3. The molecule has 2 heterocycles. The second-order valence-electron chi connectivity index (χ2n) is 10.8. The van der Waals surface area contributed by atoms with Crippen LogP contribution in [0.2, 0.25) is 10.0 Å². The van der Waals surface area contributed by atoms with Crippen LogP contribution in [0.4, 0.5) is 16.3 Å². The Morgan fingerprint density at radius 2 is 1.74 bits per heavy atom. The Balaban J connectivity index is 1.80. The molecular weight excluding hydrogens is 573 g/mol. The van der Waals surface area contributed by atoms with Gasteiger partial charge in [-0.15, -0.1) is 5.10 Å². The lowest BCUT2D eigenvalue weighted by Crippen LogP contribution is -2.43. The van der Waals surface area contributed by atoms with Gasteiger partial charge in [0.1, 0.15) is 11.4 Å². The zero-order valence-electron chi connectivity index (χ0n) is 24.4. The minimum atomic E-state index is -0.525. The topological polar surface area (TPSA) is 88.5 Å². The Hall–Kier alpha value is -4.01. The molecule has 0 aliphatic carbocycles. The van der Waals surface area contributed by atoms with E-state index in [1.807, 2.05) is 73.1 Å². The van der Waals surface area contributed by atoms with Crippen molar-refractivity contribution in [3.8, 4) is 11.4 Å². The number of amides is 3. The number of nitrogens with zero attached hydrogens (tertiary/aromatic N) is 3. The molecule has 0 saturated carbocycles. The highest BCUT2D eigenvalue weighted by Crippen LogP contribution is 2.47. The number of urea groups is 1. The highest BCUT2D eigenvalue weighted by atomic mass is 35.5. The Bertz CT molecular complexity index is 1700. The first-order chi connectivity index (χ1) is 20.0. The Kier molecular flexibility index (Phi) is 8.21. The van der Waals surface area contributed by atoms with Gasteiger partial charge >= 0.3 is 6.03 Å². The summed E-state index contributed by atoms with van der Waals surface area (Å²) in [6.07, 6.45) is 0. The van der Waals surface area contributed by atoms with Crippen molar-refractivity contribution in [3.05, 3.63) is 98.2 Å². The van der Waals surface area contributed by atoms with Crippen molar-refractivity contribution in [1.82, 2.24) is 15.1 Å². The number of ether oxygens (including phenoxy) is 1. The maximum absolute atomic E-state index is 14.0. The van der Waals surface area contributed by atoms with Crippen molar-refractivity contribution in [2.45, 2.75) is 53.1 Å². The fourth-order valence-electron chi connectivity index (χ4n) is 5.52. The molecule has 2 N–H and O–H groups in total. The molecule has 42 heavy (non-hydrogen) atoms. The average molecular weight is 607 g/mol. The van der Waals surface area contributed by atoms with E-state index in [9.17, 15) is 9.59 Å². The maximum atomic E-state index is 14.0. The normalized spacial score (nSPS) is 14.5. The molecule has 1 aliphatic rings. The summed E-state index contributed by atoms with van der Waals surface area (Å²) in [5.74, 6) is 0.951. The third-order valence-corrected chi connectivity index (χ3v) is 7.92. The van der Waals surface area contributed by atoms with Gasteiger partial charge in [0.15, 0.2) is 5.82 Å². The molecule has 1 unspecified atom stereocenters. The minimum absolute atomic E-state index is 0.00243. The van der Waals surface area contributed by atoms with Crippen molar-refractivity contribution >= 4 is 46.6 Å². The molecule has 3 aromatic carbocycles. The molecule has 1 atom stereocenters. The van der Waals surface area contributed by atoms with E-state index in [4.69, 9.17) is 33.0 Å². The molecule has 1 aliphatic heterocycles. The van der Waals surface area contributed by atoms with E-state index in [-0.39, 0.29) is 17.9 Å². The summed E-state index contributed by atoms with van der Waals surface area (Å²) in [7, 11) is 1.61. The number of halogens is 2. The van der Waals surface area contributed by atoms with E-state index < -0.39 is 6.04 Å². The number of rotatable bonds is 7. The molecule has 5 rings (SSSR count). The lowest BCUT2D eigenvalue weighted by Gasteiger charge is -2.38. The molecule has 1 aromatic heterocycles. The monoisotopic (exact) mass is 605 g/mol. The summed E-state index contributed by atoms with van der Waals surface area (Å²) < 4.78 is 7.60. The number of hydrogen-bond donors (Lipinski definition) is 2. The first-order valence-corrected chi connectivity index (χ1v) is 14.4. The summed E-state index contributed by atoms with van der Waals surface area (Å²) in [5.41, 5.74) is 6.81. The highest BCUT2D eigenvalue weighted by molar-refractivity contribution is 6.31. The van der Waals surface area contributed by atoms with Crippen molar-refractivity contribution < 1.29 is 14.3 Å². The summed E-state index contributed by atoms with van der Waals surface area (Å²) in [6.45, 7) is 9.98. The minimum Gasteiger partial charge on any atom is -0.494 e. The van der Waals surface area contributed by atoms with Gasteiger partial charge in [-0.2, -0.15) is 0 Å². The van der Waals surface area contributed by atoms with Crippen LogP contribution in [0.5, 0.6) is 5.75 Å². The van der Waals surface area contributed by atoms with Gasteiger partial charge in [0.25, 0.3) is 0 Å². The molecule has 0 saturated heterocycles. The van der Waals surface area contributed by atoms with Crippen LogP contribution >= 0.6 is 23.2 Å². The van der Waals surface area contributed by atoms with Crippen LogP contribution in [0.25, 0.3) is 5.69 Å². The van der Waals surface area contributed by atoms with Gasteiger partial charge in [0.2, 0.25) is 5.91 Å². The van der Waals surface area contributed by atoms with Crippen molar-refractivity contribution in [2.75, 3.05) is 17.3 Å². The van der Waals surface area contributed by atoms with Gasteiger partial charge in [0, 0.05) is 29.1 Å². The van der Waals surface area contributed by atoms with Crippen LogP contribution in [0, 0.1) is 13.8 Å². The third-order valence-electron chi connectivity index (χ3n) is 7.45. The number of benzene rings is 3. The van der Waals surface area contributed by atoms with Gasteiger partial charge < -0.3 is 10.1 Å². The molecule has 3 amide bonds. The number of aryl methyl sites for hydroxylation is 2. The van der Waals surface area contributed by atoms with Crippen LogP contribution < -0.4 is 20.3 Å². The van der Waals surface area contributed by atoms with Gasteiger partial charge in [-0.1, -0.05) is 55.2 Å². The smallest absolute Gasteiger partial charge is 0.328 e. The number of fused-ring (bicyclic) bond motifs is 1. The predicted octanol–water partition coefficient (Wildman–Crippen LogP) is 7.71. The molecular formula is C32H33Cl2N5O3. The van der Waals surface area contributed by atoms with E-state index in [0.29, 0.717) is 39.5 Å². The summed E-state index contributed by atoms with van der Waals surface area (Å²) in [6, 6.07) is 16.1. The van der Waals surface area contributed by atoms with E-state index in [1.165, 1.54) is 6.92 Å². The molecule has 10 heteroatoms. The molecule has 0 fully saturated rings. The third kappa shape index (κ3) is 5.44. The summed E-state index contributed by atoms with van der Waals surface area (Å²) >= 11 is 12.8. The number of methoxy groups -OCH3 is 1. The van der Waals surface area contributed by atoms with E-state index >= 15 is 0 Å². The lowest BCUT2D eigenvalue weighted by molar-refractivity contribution is -0.119. The van der Waals surface area contributed by atoms with Gasteiger partial charge in [-0.25, -0.2) is 9.48 Å². The van der Waals surface area contributed by atoms with Gasteiger partial charge in [-0.05, 0) is 78.4 Å². The number of hydrogen-bond acceptors (Lipinski definition) is 4. The first-order valence-electron chi connectivity index (χ1n) is 13.7. The summed E-state index contributed by atoms with van der Waals surface area (Å²) in [4.78, 5) is 27.3. The molecule has 8 nitrogen and oxygen atoms in total. The number of carbonyl (C=O) groups excluding carboxylic acids is 2. The molecule has 0 radical (unpaired) electrons. The fourth-order valence-corrected chi connectivity index (χ4v) is 5.91. The number of nitrogens with one attached hydrogen (secondary N) is 2. The SMILES string of the molecule is COc1ccc(CNC(C)=O)cc1-n1nc2c(c1C(C)C)C(c1ccc(Cl)cc1C)N(c1cc(Cl)ccc1C)C(=O)N2. The van der Waals surface area contributed by atoms with E-state index in [2.05, 4.69) is 24.5 Å². The standard InChI is InChI=1S/C32H33Cl2N5O3/c1-17(2)29-28-30(24-11-10-22(33)13-19(24)4)38(25-15-23(34)9-7-18(25)3)32(41)36-31(28)37-39(29)26-14-21(16-35-20(5)40)8-12-27(26)42-6/h7-15,17,30H,16H2,1-6H3,(H,35,40)(H,36,37,41). The summed E-state index contributed by atoms with van der Waals surface area (Å²) in [5, 5.41) is 12.0. The van der Waals surface area contributed by atoms with Crippen LogP contribution in [0.1, 0.15) is 66.2 Å². The largest absolute Gasteiger partial charge is 0.494 e. The Morgan fingerprint density at radius 3 is 2.40 bits per heavy atom. The van der Waals surface area contributed by atoms with Gasteiger partial charge in [-0.3, -0.25) is 15.0 Å². The highest BCUT2D eigenvalue weighted by Gasteiger charge is 2.41. The first kappa shape index (κ1) is 29.5. The van der Waals surface area contributed by atoms with Crippen LogP contribution in [-0.4, -0.2) is 28.8 Å². The van der Waals surface area contributed by atoms with Crippen molar-refractivity contribution in [1.29, 1.82) is 0 Å².